The smallest absolute Gasteiger partial charge is 0.170 e. The molecule has 2 heterocycles. The molecule has 5 nitrogen and oxygen atoms in total. The summed E-state index contributed by atoms with van der Waals surface area (Å²) in [5.41, 5.74) is 0.805. The van der Waals surface area contributed by atoms with Crippen LogP contribution in [0.4, 0.5) is 5.82 Å². The maximum Gasteiger partial charge on any atom is 0.170 e. The number of aromatic nitrogens is 2. The van der Waals surface area contributed by atoms with E-state index in [0.717, 1.165) is 35.6 Å². The highest BCUT2D eigenvalue weighted by atomic mass is 16.5. The molecule has 2 rings (SSSR count). The number of piperidine rings is 1. The second kappa shape index (κ2) is 6.08. The normalized spacial score (nSPS) is 16.3. The van der Waals surface area contributed by atoms with Crippen LogP contribution < -0.4 is 10.4 Å². The van der Waals surface area contributed by atoms with Crippen molar-refractivity contribution in [3.05, 3.63) is 16.9 Å². The lowest BCUT2D eigenvalue weighted by Gasteiger charge is -2.33. The Hall–Kier alpha value is -1.52. The molecule has 0 amide bonds. The van der Waals surface area contributed by atoms with Crippen molar-refractivity contribution in [2.45, 2.75) is 65.2 Å². The summed E-state index contributed by atoms with van der Waals surface area (Å²) in [5, 5.41) is 18.6. The molecule has 0 aromatic carbocycles. The number of anilines is 1. The molecule has 0 saturated carbocycles. The molecular formula is C16H28N4O. The van der Waals surface area contributed by atoms with Gasteiger partial charge < -0.3 is 10.1 Å². The van der Waals surface area contributed by atoms with E-state index in [4.69, 9.17) is 10.4 Å². The number of hydrogen-bond acceptors (Lipinski definition) is 4. The van der Waals surface area contributed by atoms with Gasteiger partial charge in [0.25, 0.3) is 0 Å². The van der Waals surface area contributed by atoms with Gasteiger partial charge >= 0.3 is 0 Å². The first-order chi connectivity index (χ1) is 9.86. The van der Waals surface area contributed by atoms with Gasteiger partial charge in [-0.1, -0.05) is 27.7 Å². The van der Waals surface area contributed by atoms with Crippen LogP contribution in [0.25, 0.3) is 0 Å². The van der Waals surface area contributed by atoms with E-state index in [-0.39, 0.29) is 10.9 Å². The van der Waals surface area contributed by atoms with Crippen molar-refractivity contribution in [3.63, 3.8) is 0 Å². The second-order valence-electron chi connectivity index (χ2n) is 6.93. The lowest BCUT2D eigenvalue weighted by molar-refractivity contribution is 0.153. The first-order valence-electron chi connectivity index (χ1n) is 8.01. The number of rotatable bonds is 3. The maximum atomic E-state index is 10.2. The largest absolute Gasteiger partial charge is 0.425 e. The van der Waals surface area contributed by atoms with Gasteiger partial charge in [0.1, 0.15) is 11.6 Å². The predicted molar refractivity (Wildman–Crippen MR) is 84.0 cm³/mol. The number of nitrogens with one attached hydrogen (secondary N) is 1. The van der Waals surface area contributed by atoms with Crippen LogP contribution in [0.1, 0.15) is 64.8 Å². The Labute approximate surface area is 127 Å². The van der Waals surface area contributed by atoms with E-state index < -0.39 is 0 Å². The van der Waals surface area contributed by atoms with Crippen molar-refractivity contribution < 1.29 is 5.21 Å². The van der Waals surface area contributed by atoms with Crippen LogP contribution >= 0.6 is 0 Å². The average Bonchev–Trinajstić information content (AvgIpc) is 2.43. The molecule has 0 bridgehead atoms. The van der Waals surface area contributed by atoms with Crippen LogP contribution in [0.2, 0.25) is 0 Å². The highest BCUT2D eigenvalue weighted by molar-refractivity contribution is 5.49. The summed E-state index contributed by atoms with van der Waals surface area (Å²) in [4.78, 5) is 7.02. The lowest BCUT2D eigenvalue weighted by atomic mass is 9.87. The summed E-state index contributed by atoms with van der Waals surface area (Å²) in [5.74, 6) is 1.50. The molecule has 1 saturated heterocycles. The Morgan fingerprint density at radius 1 is 1.19 bits per heavy atom. The summed E-state index contributed by atoms with van der Waals surface area (Å²) in [7, 11) is 0. The monoisotopic (exact) mass is 292 g/mol. The van der Waals surface area contributed by atoms with E-state index in [2.05, 4.69) is 32.6 Å². The Kier molecular flexibility index (Phi) is 4.59. The fraction of sp³-hybridized carbons (Fsp3) is 0.750. The number of hydrogen-bond donors (Lipinski definition) is 2. The van der Waals surface area contributed by atoms with Gasteiger partial charge in [0, 0.05) is 25.1 Å². The molecule has 5 heteroatoms. The third-order valence-electron chi connectivity index (χ3n) is 4.03. The third kappa shape index (κ3) is 3.22. The van der Waals surface area contributed by atoms with Gasteiger partial charge in [-0.2, -0.15) is 4.73 Å². The minimum atomic E-state index is -0.216. The van der Waals surface area contributed by atoms with Crippen LogP contribution in [-0.4, -0.2) is 28.0 Å². The summed E-state index contributed by atoms with van der Waals surface area (Å²) >= 11 is 0. The van der Waals surface area contributed by atoms with Gasteiger partial charge in [-0.25, -0.2) is 4.98 Å². The van der Waals surface area contributed by atoms with Crippen molar-refractivity contribution in [1.29, 1.82) is 5.41 Å². The predicted octanol–water partition coefficient (Wildman–Crippen LogP) is 2.84. The number of aryl methyl sites for hydroxylation is 1. The zero-order chi connectivity index (χ0) is 15.6. The molecule has 2 N–H and O–H groups in total. The molecule has 1 aromatic rings. The zero-order valence-electron chi connectivity index (χ0n) is 13.7. The second-order valence-corrected chi connectivity index (χ2v) is 6.93. The zero-order valence-corrected chi connectivity index (χ0v) is 13.7. The van der Waals surface area contributed by atoms with Crippen molar-refractivity contribution in [1.82, 2.24) is 9.71 Å². The van der Waals surface area contributed by atoms with E-state index in [1.807, 2.05) is 0 Å². The first-order valence-corrected chi connectivity index (χ1v) is 8.01. The molecule has 0 unspecified atom stereocenters. The number of nitrogens with zero attached hydrogens (tertiary/aromatic N) is 3. The average molecular weight is 292 g/mol. The minimum absolute atomic E-state index is 0.182. The fourth-order valence-corrected chi connectivity index (χ4v) is 2.98. The van der Waals surface area contributed by atoms with Crippen molar-refractivity contribution in [3.8, 4) is 0 Å². The molecule has 118 valence electrons. The van der Waals surface area contributed by atoms with Crippen LogP contribution in [0.5, 0.6) is 0 Å². The van der Waals surface area contributed by atoms with Gasteiger partial charge in [0.2, 0.25) is 0 Å². The molecule has 1 aliphatic rings. The minimum Gasteiger partial charge on any atom is -0.425 e. The van der Waals surface area contributed by atoms with Gasteiger partial charge in [-0.15, -0.1) is 0 Å². The molecule has 1 aliphatic heterocycles. The SMILES string of the molecule is CCCc1nc(N2CCCCC2)c(C(C)(C)C)c(=N)n1O. The quantitative estimate of drug-likeness (QED) is 0.842. The van der Waals surface area contributed by atoms with Gasteiger partial charge in [-0.3, -0.25) is 5.41 Å². The Morgan fingerprint density at radius 3 is 2.33 bits per heavy atom. The topological polar surface area (TPSA) is 65.1 Å². The van der Waals surface area contributed by atoms with E-state index in [0.29, 0.717) is 12.2 Å². The summed E-state index contributed by atoms with van der Waals surface area (Å²) in [6, 6.07) is 0. The van der Waals surface area contributed by atoms with Crippen molar-refractivity contribution in [2.24, 2.45) is 0 Å². The molecule has 21 heavy (non-hydrogen) atoms. The van der Waals surface area contributed by atoms with E-state index in [1.165, 1.54) is 19.3 Å². The maximum absolute atomic E-state index is 10.2. The molecular weight excluding hydrogens is 264 g/mol. The Bertz CT molecular complexity index is 551. The Balaban J connectivity index is 2.61. The third-order valence-corrected chi connectivity index (χ3v) is 4.03. The molecule has 1 fully saturated rings. The lowest BCUT2D eigenvalue weighted by Crippen LogP contribution is -2.39. The first kappa shape index (κ1) is 15.9. The highest BCUT2D eigenvalue weighted by Crippen LogP contribution is 2.29. The Morgan fingerprint density at radius 2 is 1.81 bits per heavy atom. The van der Waals surface area contributed by atoms with Gasteiger partial charge in [0.05, 0.1) is 0 Å². The summed E-state index contributed by atoms with van der Waals surface area (Å²) in [6.07, 6.45) is 5.21. The standard InChI is InChI=1S/C16H28N4O/c1-5-9-12-18-15(19-10-7-6-8-11-19)13(16(2,3)4)14(17)20(12)21/h17,21H,5-11H2,1-4H3. The molecule has 0 spiro atoms. The van der Waals surface area contributed by atoms with Crippen LogP contribution in [0, 0.1) is 5.41 Å². The molecule has 0 radical (unpaired) electrons. The van der Waals surface area contributed by atoms with Crippen LogP contribution in [0.15, 0.2) is 0 Å². The van der Waals surface area contributed by atoms with Crippen molar-refractivity contribution in [2.75, 3.05) is 18.0 Å². The van der Waals surface area contributed by atoms with Crippen molar-refractivity contribution >= 4 is 5.82 Å². The molecule has 0 atom stereocenters. The molecule has 1 aromatic heterocycles. The van der Waals surface area contributed by atoms with Gasteiger partial charge in [0.15, 0.2) is 5.49 Å². The fourth-order valence-electron chi connectivity index (χ4n) is 2.98. The molecule has 0 aliphatic carbocycles. The highest BCUT2D eigenvalue weighted by Gasteiger charge is 2.28. The van der Waals surface area contributed by atoms with Crippen LogP contribution in [0.3, 0.4) is 0 Å². The summed E-state index contributed by atoms with van der Waals surface area (Å²) in [6.45, 7) is 10.3. The van der Waals surface area contributed by atoms with E-state index in [9.17, 15) is 5.21 Å². The van der Waals surface area contributed by atoms with Crippen LogP contribution in [-0.2, 0) is 11.8 Å². The van der Waals surface area contributed by atoms with E-state index in [1.54, 1.807) is 0 Å². The van der Waals surface area contributed by atoms with E-state index >= 15 is 0 Å². The van der Waals surface area contributed by atoms with Gasteiger partial charge in [-0.05, 0) is 31.1 Å². The summed E-state index contributed by atoms with van der Waals surface area (Å²) < 4.78 is 0.970.